The molecule has 1 N–H and O–H groups in total. The van der Waals surface area contributed by atoms with Crippen LogP contribution in [-0.2, 0) is 26.2 Å². The molecule has 2 aromatic carbocycles. The third kappa shape index (κ3) is 8.76. The van der Waals surface area contributed by atoms with E-state index < -0.39 is 10.0 Å². The molecule has 0 radical (unpaired) electrons. The van der Waals surface area contributed by atoms with E-state index in [2.05, 4.69) is 9.97 Å². The van der Waals surface area contributed by atoms with Gasteiger partial charge in [0.25, 0.3) is 0 Å². The molecule has 212 valence electrons. The van der Waals surface area contributed by atoms with Crippen LogP contribution in [0.15, 0.2) is 47.5 Å². The molecule has 0 saturated heterocycles. The van der Waals surface area contributed by atoms with Crippen LogP contribution < -0.4 is 4.74 Å². The second-order valence-corrected chi connectivity index (χ2v) is 11.6. The summed E-state index contributed by atoms with van der Waals surface area (Å²) in [5, 5.41) is 0. The zero-order valence-electron chi connectivity index (χ0n) is 24.2. The average Bonchev–Trinajstić information content (AvgIpc) is 3.30. The van der Waals surface area contributed by atoms with E-state index in [1.807, 2.05) is 44.3 Å². The lowest BCUT2D eigenvalue weighted by atomic mass is 10.1. The van der Waals surface area contributed by atoms with Crippen molar-refractivity contribution < 1.29 is 22.7 Å². The van der Waals surface area contributed by atoms with E-state index in [4.69, 9.17) is 4.74 Å². The molecule has 0 aliphatic rings. The minimum atomic E-state index is -3.68. The van der Waals surface area contributed by atoms with Crippen molar-refractivity contribution in [2.45, 2.75) is 58.9 Å². The highest BCUT2D eigenvalue weighted by Crippen LogP contribution is 2.27. The minimum Gasteiger partial charge on any atom is -0.497 e. The van der Waals surface area contributed by atoms with E-state index in [-0.39, 0.29) is 23.1 Å². The number of nitrogens with one attached hydrogen (secondary N) is 1. The third-order valence-electron chi connectivity index (χ3n) is 6.19. The van der Waals surface area contributed by atoms with Gasteiger partial charge in [0.1, 0.15) is 17.4 Å². The Kier molecular flexibility index (Phi) is 11.4. The number of aromatic amines is 1. The maximum atomic E-state index is 12.6. The zero-order valence-corrected chi connectivity index (χ0v) is 25.0. The predicted octanol–water partition coefficient (Wildman–Crippen LogP) is 4.67. The number of amides is 1. The number of sulfonamides is 1. The van der Waals surface area contributed by atoms with Crippen molar-refractivity contribution in [3.05, 3.63) is 65.1 Å². The van der Waals surface area contributed by atoms with Crippen LogP contribution in [0.1, 0.15) is 49.2 Å². The van der Waals surface area contributed by atoms with Gasteiger partial charge in [0.2, 0.25) is 15.9 Å². The molecular weight excluding hydrogens is 516 g/mol. The van der Waals surface area contributed by atoms with Crippen molar-refractivity contribution in [3.8, 4) is 17.0 Å². The molecule has 9 nitrogen and oxygen atoms in total. The smallest absolute Gasteiger partial charge is 0.243 e. The average molecular weight is 557 g/mol. The molecule has 1 aromatic heterocycles. The summed E-state index contributed by atoms with van der Waals surface area (Å²) in [5.41, 5.74) is 4.46. The van der Waals surface area contributed by atoms with Gasteiger partial charge in [-0.25, -0.2) is 13.4 Å². The minimum absolute atomic E-state index is 0.0725. The van der Waals surface area contributed by atoms with Gasteiger partial charge in [-0.05, 0) is 61.6 Å². The van der Waals surface area contributed by atoms with Gasteiger partial charge < -0.3 is 14.6 Å². The Balaban J connectivity index is 0.000000276. The number of benzene rings is 2. The predicted molar refractivity (Wildman–Crippen MR) is 153 cm³/mol. The molecular formula is C29H40N4O5S. The lowest BCUT2D eigenvalue weighted by molar-refractivity contribution is -0.128. The number of hydrogen-bond acceptors (Lipinski definition) is 6. The molecule has 0 fully saturated rings. The highest BCUT2D eigenvalue weighted by atomic mass is 32.2. The monoisotopic (exact) mass is 556 g/mol. The summed E-state index contributed by atoms with van der Waals surface area (Å²) in [6.45, 7) is 9.39. The van der Waals surface area contributed by atoms with Crippen molar-refractivity contribution in [2.75, 3.05) is 27.7 Å². The normalized spacial score (nSPS) is 11.1. The molecule has 0 atom stereocenters. The molecule has 0 aliphatic carbocycles. The van der Waals surface area contributed by atoms with Crippen molar-refractivity contribution in [1.82, 2.24) is 19.2 Å². The second-order valence-electron chi connectivity index (χ2n) is 9.59. The molecule has 10 heteroatoms. The largest absolute Gasteiger partial charge is 0.497 e. The molecule has 3 rings (SSSR count). The molecule has 1 amide bonds. The van der Waals surface area contributed by atoms with E-state index in [9.17, 15) is 18.0 Å². The summed E-state index contributed by atoms with van der Waals surface area (Å²) in [6, 6.07) is 11.5. The SMILES string of the molecule is CC(=O)N(C)Cc1ccc(-c2cnc(C)[nH]2)cc1.CCCC(=O)CN(C)S(=O)(=O)c1c(C)cc(OC)cc1C. The van der Waals surface area contributed by atoms with Crippen LogP contribution in [0.2, 0.25) is 0 Å². The number of aromatic nitrogens is 2. The van der Waals surface area contributed by atoms with Crippen LogP contribution in [0.3, 0.4) is 0 Å². The zero-order chi connectivity index (χ0) is 29.3. The van der Waals surface area contributed by atoms with Crippen molar-refractivity contribution >= 4 is 21.7 Å². The van der Waals surface area contributed by atoms with Gasteiger partial charge in [0.05, 0.1) is 30.4 Å². The molecule has 39 heavy (non-hydrogen) atoms. The van der Waals surface area contributed by atoms with Crippen LogP contribution in [0.5, 0.6) is 5.75 Å². The number of methoxy groups -OCH3 is 1. The number of likely N-dealkylation sites (N-methyl/N-ethyl adjacent to an activating group) is 1. The van der Waals surface area contributed by atoms with Crippen molar-refractivity contribution in [2.24, 2.45) is 0 Å². The number of aryl methyl sites for hydroxylation is 3. The number of carbonyl (C=O) groups excluding carboxylic acids is 2. The van der Waals surface area contributed by atoms with Crippen LogP contribution in [0, 0.1) is 20.8 Å². The summed E-state index contributed by atoms with van der Waals surface area (Å²) in [6.07, 6.45) is 2.93. The molecule has 1 heterocycles. The van der Waals surface area contributed by atoms with E-state index >= 15 is 0 Å². The number of ketones is 1. The Labute approximate surface area is 232 Å². The number of Topliss-reactive ketones (excluding diaryl/α,β-unsaturated/α-hetero) is 1. The van der Waals surface area contributed by atoms with Crippen LogP contribution in [0.25, 0.3) is 11.3 Å². The standard InChI is InChI=1S/C15H23NO4S.C14H17N3O/c1-6-7-13(17)10-16(4)21(18,19)15-11(2)8-14(20-5)9-12(15)3;1-10-15-8-14(16-10)13-6-4-12(5-7-13)9-17(3)11(2)18/h8-9H,6-7,10H2,1-5H3;4-8H,9H2,1-3H3,(H,15,16). The summed E-state index contributed by atoms with van der Waals surface area (Å²) in [5.74, 6) is 1.52. The van der Waals surface area contributed by atoms with Gasteiger partial charge in [-0.15, -0.1) is 0 Å². The lowest BCUT2D eigenvalue weighted by Crippen LogP contribution is -2.33. The summed E-state index contributed by atoms with van der Waals surface area (Å²) < 4.78 is 31.5. The van der Waals surface area contributed by atoms with Gasteiger partial charge in [-0.3, -0.25) is 9.59 Å². The van der Waals surface area contributed by atoms with E-state index in [1.165, 1.54) is 14.2 Å². The van der Waals surface area contributed by atoms with Gasteiger partial charge in [0.15, 0.2) is 0 Å². The van der Waals surface area contributed by atoms with E-state index in [0.717, 1.165) is 27.0 Å². The molecule has 0 unspecified atom stereocenters. The van der Waals surface area contributed by atoms with Gasteiger partial charge in [-0.2, -0.15) is 4.31 Å². The molecule has 0 spiro atoms. The number of ether oxygens (including phenoxy) is 1. The van der Waals surface area contributed by atoms with Gasteiger partial charge >= 0.3 is 0 Å². The molecule has 3 aromatic rings. The fourth-order valence-electron chi connectivity index (χ4n) is 4.02. The van der Waals surface area contributed by atoms with Crippen LogP contribution in [-0.4, -0.2) is 67.0 Å². The maximum absolute atomic E-state index is 12.6. The number of hydrogen-bond donors (Lipinski definition) is 1. The summed E-state index contributed by atoms with van der Waals surface area (Å²) in [7, 11) is 1.09. The van der Waals surface area contributed by atoms with Crippen molar-refractivity contribution in [1.29, 1.82) is 0 Å². The Morgan fingerprint density at radius 1 is 1.03 bits per heavy atom. The number of carbonyl (C=O) groups is 2. The summed E-state index contributed by atoms with van der Waals surface area (Å²) in [4.78, 5) is 32.1. The lowest BCUT2D eigenvalue weighted by Gasteiger charge is -2.20. The Bertz CT molecular complexity index is 1360. The second kappa shape index (κ2) is 14.0. The number of nitrogens with zero attached hydrogens (tertiary/aromatic N) is 3. The first-order chi connectivity index (χ1) is 18.3. The Morgan fingerprint density at radius 2 is 1.62 bits per heavy atom. The highest BCUT2D eigenvalue weighted by Gasteiger charge is 2.26. The van der Waals surface area contributed by atoms with Gasteiger partial charge in [-0.1, -0.05) is 31.2 Å². The Morgan fingerprint density at radius 3 is 2.08 bits per heavy atom. The molecule has 0 bridgehead atoms. The first kappa shape index (κ1) is 31.7. The van der Waals surface area contributed by atoms with Crippen LogP contribution >= 0.6 is 0 Å². The van der Waals surface area contributed by atoms with E-state index in [0.29, 0.717) is 36.3 Å². The van der Waals surface area contributed by atoms with Crippen LogP contribution in [0.4, 0.5) is 0 Å². The third-order valence-corrected chi connectivity index (χ3v) is 8.30. The first-order valence-electron chi connectivity index (χ1n) is 12.8. The maximum Gasteiger partial charge on any atom is 0.243 e. The topological polar surface area (TPSA) is 113 Å². The summed E-state index contributed by atoms with van der Waals surface area (Å²) >= 11 is 0. The first-order valence-corrected chi connectivity index (χ1v) is 14.2. The molecule has 0 aliphatic heterocycles. The number of H-pyrrole nitrogens is 1. The fourth-order valence-corrected chi connectivity index (χ4v) is 5.58. The quantitative estimate of drug-likeness (QED) is 0.389. The fraction of sp³-hybridized carbons (Fsp3) is 0.414. The Hall–Kier alpha value is -3.50. The van der Waals surface area contributed by atoms with Crippen molar-refractivity contribution in [3.63, 3.8) is 0 Å². The van der Waals surface area contributed by atoms with Gasteiger partial charge in [0, 0.05) is 34.0 Å². The number of imidazole rings is 1. The van der Waals surface area contributed by atoms with E-state index in [1.54, 1.807) is 44.9 Å². The number of rotatable bonds is 10. The highest BCUT2D eigenvalue weighted by molar-refractivity contribution is 7.89. The molecule has 0 saturated carbocycles.